The molecule has 0 spiro atoms. The van der Waals surface area contributed by atoms with Crippen LogP contribution in [0.2, 0.25) is 0 Å². The molecule has 0 saturated carbocycles. The molecule has 0 aliphatic carbocycles. The van der Waals surface area contributed by atoms with E-state index in [1.807, 2.05) is 18.2 Å². The fourth-order valence-electron chi connectivity index (χ4n) is 1.04. The van der Waals surface area contributed by atoms with Gasteiger partial charge in [0.15, 0.2) is 0 Å². The number of hydrogen-bond donors (Lipinski definition) is 0. The van der Waals surface area contributed by atoms with Crippen LogP contribution in [0.1, 0.15) is 0 Å². The van der Waals surface area contributed by atoms with E-state index in [2.05, 4.69) is 6.07 Å². The summed E-state index contributed by atoms with van der Waals surface area (Å²) in [5.41, 5.74) is 0.836. The van der Waals surface area contributed by atoms with Crippen LogP contribution in [0.4, 0.5) is 0 Å². The summed E-state index contributed by atoms with van der Waals surface area (Å²) in [7, 11) is 0. The highest BCUT2D eigenvalue weighted by atomic mass is 16.1. The van der Waals surface area contributed by atoms with E-state index in [1.54, 1.807) is 16.7 Å². The summed E-state index contributed by atoms with van der Waals surface area (Å²) in [5, 5.41) is 0. The Hall–Kier alpha value is -1.57. The van der Waals surface area contributed by atoms with Crippen molar-refractivity contribution in [3.63, 3.8) is 0 Å². The largest absolute Gasteiger partial charge is 0.284 e. The van der Waals surface area contributed by atoms with Crippen LogP contribution in [0.3, 0.4) is 0 Å². The molecule has 2 aromatic heterocycles. The standard InChI is InChI=1S/C9H6NO/c11-9-6-3-5-8-4-1-2-7-10(8)9/h1-2,4-7H. The molecule has 0 saturated heterocycles. The Balaban J connectivity index is 3.03. The van der Waals surface area contributed by atoms with Crippen LogP contribution in [0.5, 0.6) is 0 Å². The lowest BCUT2D eigenvalue weighted by Gasteiger charge is -1.95. The third-order valence-electron chi connectivity index (χ3n) is 1.57. The Morgan fingerprint density at radius 1 is 1.27 bits per heavy atom. The van der Waals surface area contributed by atoms with Gasteiger partial charge in [0, 0.05) is 17.8 Å². The number of hydrogen-bond acceptors (Lipinski definition) is 1. The molecule has 2 aromatic rings. The van der Waals surface area contributed by atoms with Gasteiger partial charge in [0.25, 0.3) is 5.56 Å². The normalized spacial score (nSPS) is 10.2. The Kier molecular flexibility index (Phi) is 1.25. The average molecular weight is 144 g/mol. The van der Waals surface area contributed by atoms with Crippen molar-refractivity contribution in [2.24, 2.45) is 0 Å². The molecule has 0 N–H and O–H groups in total. The lowest BCUT2D eigenvalue weighted by Crippen LogP contribution is -2.10. The van der Waals surface area contributed by atoms with E-state index in [9.17, 15) is 4.79 Å². The molecule has 53 valence electrons. The van der Waals surface area contributed by atoms with Crippen molar-refractivity contribution in [3.8, 4) is 0 Å². The number of aromatic nitrogens is 1. The van der Waals surface area contributed by atoms with E-state index in [0.717, 1.165) is 5.52 Å². The van der Waals surface area contributed by atoms with Crippen molar-refractivity contribution in [2.75, 3.05) is 0 Å². The zero-order valence-electron chi connectivity index (χ0n) is 5.82. The molecule has 0 fully saturated rings. The molecule has 2 nitrogen and oxygen atoms in total. The van der Waals surface area contributed by atoms with Crippen LogP contribution < -0.4 is 5.56 Å². The predicted molar refractivity (Wildman–Crippen MR) is 42.5 cm³/mol. The van der Waals surface area contributed by atoms with Crippen LogP contribution in [-0.2, 0) is 0 Å². The molecule has 0 amide bonds. The second-order valence-corrected chi connectivity index (χ2v) is 2.29. The van der Waals surface area contributed by atoms with Gasteiger partial charge in [0.05, 0.1) is 0 Å². The maximum absolute atomic E-state index is 11.1. The fourth-order valence-corrected chi connectivity index (χ4v) is 1.04. The topological polar surface area (TPSA) is 21.5 Å². The summed E-state index contributed by atoms with van der Waals surface area (Å²) in [6, 6.07) is 11.6. The Morgan fingerprint density at radius 2 is 2.18 bits per heavy atom. The minimum Gasteiger partial charge on any atom is -0.284 e. The summed E-state index contributed by atoms with van der Waals surface area (Å²) in [6.45, 7) is 0. The van der Waals surface area contributed by atoms with Gasteiger partial charge in [-0.05, 0) is 24.3 Å². The number of pyridine rings is 2. The Bertz CT molecular complexity index is 425. The van der Waals surface area contributed by atoms with Crippen molar-refractivity contribution in [2.45, 2.75) is 0 Å². The molecule has 0 aliphatic heterocycles. The third-order valence-corrected chi connectivity index (χ3v) is 1.57. The molecule has 0 atom stereocenters. The van der Waals surface area contributed by atoms with Crippen LogP contribution in [0.25, 0.3) is 5.52 Å². The third kappa shape index (κ3) is 0.923. The zero-order valence-corrected chi connectivity index (χ0v) is 5.82. The van der Waals surface area contributed by atoms with E-state index in [0.29, 0.717) is 0 Å². The van der Waals surface area contributed by atoms with Gasteiger partial charge < -0.3 is 0 Å². The number of rotatable bonds is 0. The molecular weight excluding hydrogens is 138 g/mol. The molecule has 0 bridgehead atoms. The van der Waals surface area contributed by atoms with Crippen molar-refractivity contribution in [1.29, 1.82) is 0 Å². The molecule has 2 heterocycles. The van der Waals surface area contributed by atoms with Crippen LogP contribution in [0, 0.1) is 6.07 Å². The first-order valence-corrected chi connectivity index (χ1v) is 3.35. The molecule has 2 heteroatoms. The first kappa shape index (κ1) is 6.16. The molecule has 1 radical (unpaired) electrons. The van der Waals surface area contributed by atoms with Gasteiger partial charge in [0.2, 0.25) is 0 Å². The first-order chi connectivity index (χ1) is 5.38. The van der Waals surface area contributed by atoms with Gasteiger partial charge in [-0.25, -0.2) is 0 Å². The van der Waals surface area contributed by atoms with E-state index in [1.165, 1.54) is 6.07 Å². The van der Waals surface area contributed by atoms with Gasteiger partial charge >= 0.3 is 0 Å². The Morgan fingerprint density at radius 3 is 3.00 bits per heavy atom. The molecule has 11 heavy (non-hydrogen) atoms. The molecule has 2 rings (SSSR count). The number of fused-ring (bicyclic) bond motifs is 1. The van der Waals surface area contributed by atoms with Gasteiger partial charge in [0.1, 0.15) is 0 Å². The highest BCUT2D eigenvalue weighted by Crippen LogP contribution is 1.96. The Labute approximate surface area is 63.7 Å². The summed E-state index contributed by atoms with van der Waals surface area (Å²) >= 11 is 0. The quantitative estimate of drug-likeness (QED) is 0.542. The predicted octanol–water partition coefficient (Wildman–Crippen LogP) is 1.10. The van der Waals surface area contributed by atoms with Gasteiger partial charge in [-0.15, -0.1) is 0 Å². The lowest BCUT2D eigenvalue weighted by molar-refractivity contribution is 1.09. The van der Waals surface area contributed by atoms with Crippen LogP contribution in [-0.4, -0.2) is 4.40 Å². The van der Waals surface area contributed by atoms with Crippen molar-refractivity contribution in [3.05, 3.63) is 52.9 Å². The average Bonchev–Trinajstić information content (AvgIpc) is 2.06. The van der Waals surface area contributed by atoms with Gasteiger partial charge in [-0.1, -0.05) is 6.07 Å². The van der Waals surface area contributed by atoms with Gasteiger partial charge in [-0.3, -0.25) is 9.20 Å². The van der Waals surface area contributed by atoms with Crippen LogP contribution >= 0.6 is 0 Å². The molecule has 0 unspecified atom stereocenters. The van der Waals surface area contributed by atoms with Crippen LogP contribution in [0.15, 0.2) is 41.3 Å². The van der Waals surface area contributed by atoms with E-state index >= 15 is 0 Å². The van der Waals surface area contributed by atoms with E-state index in [-0.39, 0.29) is 5.56 Å². The van der Waals surface area contributed by atoms with Crippen molar-refractivity contribution >= 4 is 5.52 Å². The smallest absolute Gasteiger partial charge is 0.255 e. The lowest BCUT2D eigenvalue weighted by atomic mass is 10.3. The SMILES string of the molecule is O=c1c[c]cc2ccccn12. The molecule has 0 aliphatic rings. The molecule has 0 aromatic carbocycles. The van der Waals surface area contributed by atoms with Crippen molar-refractivity contribution < 1.29 is 0 Å². The monoisotopic (exact) mass is 144 g/mol. The summed E-state index contributed by atoms with van der Waals surface area (Å²) in [6.07, 6.45) is 1.74. The van der Waals surface area contributed by atoms with E-state index < -0.39 is 0 Å². The maximum Gasteiger partial charge on any atom is 0.255 e. The zero-order chi connectivity index (χ0) is 7.68. The summed E-state index contributed by atoms with van der Waals surface area (Å²) < 4.78 is 1.58. The summed E-state index contributed by atoms with van der Waals surface area (Å²) in [5.74, 6) is 0. The second kappa shape index (κ2) is 2.23. The molecular formula is C9H6NO. The highest BCUT2D eigenvalue weighted by molar-refractivity contribution is 5.44. The highest BCUT2D eigenvalue weighted by Gasteiger charge is 1.89. The van der Waals surface area contributed by atoms with Crippen molar-refractivity contribution in [1.82, 2.24) is 4.40 Å². The minimum atomic E-state index is -0.0388. The first-order valence-electron chi connectivity index (χ1n) is 3.35. The fraction of sp³-hybridized carbons (Fsp3) is 0. The number of nitrogens with zero attached hydrogens (tertiary/aromatic N) is 1. The minimum absolute atomic E-state index is 0.0388. The van der Waals surface area contributed by atoms with E-state index in [4.69, 9.17) is 0 Å². The maximum atomic E-state index is 11.1. The van der Waals surface area contributed by atoms with Gasteiger partial charge in [-0.2, -0.15) is 0 Å². The summed E-state index contributed by atoms with van der Waals surface area (Å²) in [4.78, 5) is 11.1. The second-order valence-electron chi connectivity index (χ2n) is 2.29.